The van der Waals surface area contributed by atoms with Crippen molar-refractivity contribution in [1.29, 1.82) is 0 Å². The molecule has 2 aromatic carbocycles. The number of hydrogen-bond donors (Lipinski definition) is 1. The highest BCUT2D eigenvalue weighted by Crippen LogP contribution is 2.16. The summed E-state index contributed by atoms with van der Waals surface area (Å²) in [7, 11) is 0. The van der Waals surface area contributed by atoms with Crippen LogP contribution in [-0.2, 0) is 11.2 Å². The molecule has 0 aliphatic rings. The lowest BCUT2D eigenvalue weighted by molar-refractivity contribution is -0.120. The molecule has 1 amide bonds. The van der Waals surface area contributed by atoms with E-state index in [0.717, 1.165) is 5.56 Å². The number of nitrogens with one attached hydrogen (secondary N) is 1. The number of rotatable bonds is 5. The molecule has 0 radical (unpaired) electrons. The summed E-state index contributed by atoms with van der Waals surface area (Å²) < 4.78 is 13.6. The zero-order valence-corrected chi connectivity index (χ0v) is 12.5. The van der Waals surface area contributed by atoms with E-state index in [-0.39, 0.29) is 18.2 Å². The highest BCUT2D eigenvalue weighted by Gasteiger charge is 2.10. The maximum atomic E-state index is 13.6. The average Bonchev–Trinajstić information content (AvgIpc) is 2.48. The van der Waals surface area contributed by atoms with Crippen LogP contribution in [0.25, 0.3) is 0 Å². The van der Waals surface area contributed by atoms with Gasteiger partial charge in [0, 0.05) is 11.6 Å². The molecule has 2 nitrogen and oxygen atoms in total. The minimum atomic E-state index is -0.450. The maximum Gasteiger partial charge on any atom is 0.224 e. The molecular formula is C17H17ClFNO. The SMILES string of the molecule is C[C@@H](CNC(=O)Cc1ccc(Cl)cc1F)c1ccccc1. The van der Waals surface area contributed by atoms with Gasteiger partial charge < -0.3 is 5.32 Å². The van der Waals surface area contributed by atoms with Gasteiger partial charge in [0.15, 0.2) is 0 Å². The highest BCUT2D eigenvalue weighted by molar-refractivity contribution is 6.30. The molecule has 0 fully saturated rings. The molecule has 21 heavy (non-hydrogen) atoms. The third kappa shape index (κ3) is 4.57. The smallest absolute Gasteiger partial charge is 0.224 e. The van der Waals surface area contributed by atoms with E-state index in [1.165, 1.54) is 12.1 Å². The Morgan fingerprint density at radius 3 is 2.62 bits per heavy atom. The molecule has 0 saturated heterocycles. The summed E-state index contributed by atoms with van der Waals surface area (Å²) in [6.07, 6.45) is 0.0184. The van der Waals surface area contributed by atoms with Crippen molar-refractivity contribution in [3.05, 3.63) is 70.5 Å². The summed E-state index contributed by atoms with van der Waals surface area (Å²) >= 11 is 5.68. The summed E-state index contributed by atoms with van der Waals surface area (Å²) in [6.45, 7) is 2.57. The first-order valence-electron chi connectivity index (χ1n) is 6.82. The molecule has 0 heterocycles. The topological polar surface area (TPSA) is 29.1 Å². The largest absolute Gasteiger partial charge is 0.355 e. The molecule has 0 aromatic heterocycles. The summed E-state index contributed by atoms with van der Waals surface area (Å²) in [5.74, 6) is -0.432. The van der Waals surface area contributed by atoms with E-state index in [1.54, 1.807) is 6.07 Å². The molecule has 0 spiro atoms. The van der Waals surface area contributed by atoms with E-state index in [9.17, 15) is 9.18 Å². The van der Waals surface area contributed by atoms with Crippen molar-refractivity contribution in [2.75, 3.05) is 6.54 Å². The third-order valence-electron chi connectivity index (χ3n) is 3.34. The Morgan fingerprint density at radius 1 is 1.24 bits per heavy atom. The minimum absolute atomic E-state index is 0.0184. The first-order valence-corrected chi connectivity index (χ1v) is 7.19. The average molecular weight is 306 g/mol. The predicted molar refractivity (Wildman–Crippen MR) is 83.0 cm³/mol. The van der Waals surface area contributed by atoms with Gasteiger partial charge in [-0.2, -0.15) is 0 Å². The summed E-state index contributed by atoms with van der Waals surface area (Å²) in [6, 6.07) is 14.3. The number of carbonyl (C=O) groups excluding carboxylic acids is 1. The monoisotopic (exact) mass is 305 g/mol. The van der Waals surface area contributed by atoms with Crippen LogP contribution < -0.4 is 5.32 Å². The van der Waals surface area contributed by atoms with Gasteiger partial charge >= 0.3 is 0 Å². The van der Waals surface area contributed by atoms with Crippen molar-refractivity contribution in [3.63, 3.8) is 0 Å². The lowest BCUT2D eigenvalue weighted by Gasteiger charge is -2.13. The molecule has 4 heteroatoms. The zero-order chi connectivity index (χ0) is 15.2. The second-order valence-electron chi connectivity index (χ2n) is 5.03. The molecule has 110 valence electrons. The molecule has 0 saturated carbocycles. The number of halogens is 2. The van der Waals surface area contributed by atoms with E-state index in [4.69, 9.17) is 11.6 Å². The predicted octanol–water partition coefficient (Wildman–Crippen LogP) is 3.94. The summed E-state index contributed by atoms with van der Waals surface area (Å²) in [5.41, 5.74) is 1.51. The standard InChI is InChI=1S/C17H17ClFNO/c1-12(13-5-3-2-4-6-13)11-20-17(21)9-14-7-8-15(18)10-16(14)19/h2-8,10,12H,9,11H2,1H3,(H,20,21)/t12-/m0/s1. The molecule has 1 atom stereocenters. The maximum absolute atomic E-state index is 13.6. The van der Waals surface area contributed by atoms with Gasteiger partial charge in [-0.05, 0) is 29.2 Å². The van der Waals surface area contributed by atoms with Crippen LogP contribution in [0.5, 0.6) is 0 Å². The fourth-order valence-electron chi connectivity index (χ4n) is 2.07. The quantitative estimate of drug-likeness (QED) is 0.890. The molecule has 0 bridgehead atoms. The van der Waals surface area contributed by atoms with Gasteiger partial charge in [0.1, 0.15) is 5.82 Å². The van der Waals surface area contributed by atoms with Crippen LogP contribution >= 0.6 is 11.6 Å². The Hall–Kier alpha value is -1.87. The van der Waals surface area contributed by atoms with Gasteiger partial charge in [0.25, 0.3) is 0 Å². The van der Waals surface area contributed by atoms with Crippen LogP contribution in [0.1, 0.15) is 24.0 Å². The number of benzene rings is 2. The fourth-order valence-corrected chi connectivity index (χ4v) is 2.23. The molecule has 0 aliphatic heterocycles. The lowest BCUT2D eigenvalue weighted by Crippen LogP contribution is -2.29. The van der Waals surface area contributed by atoms with Crippen LogP contribution in [0.4, 0.5) is 4.39 Å². The van der Waals surface area contributed by atoms with Gasteiger partial charge in [-0.15, -0.1) is 0 Å². The second-order valence-corrected chi connectivity index (χ2v) is 5.46. The van der Waals surface area contributed by atoms with Crippen LogP contribution in [0.2, 0.25) is 5.02 Å². The zero-order valence-electron chi connectivity index (χ0n) is 11.8. The van der Waals surface area contributed by atoms with E-state index < -0.39 is 5.82 Å². The van der Waals surface area contributed by atoms with Crippen LogP contribution in [0, 0.1) is 5.82 Å². The van der Waals surface area contributed by atoms with Crippen molar-refractivity contribution in [3.8, 4) is 0 Å². The van der Waals surface area contributed by atoms with E-state index in [1.807, 2.05) is 37.3 Å². The van der Waals surface area contributed by atoms with Crippen molar-refractivity contribution < 1.29 is 9.18 Å². The Balaban J connectivity index is 1.87. The van der Waals surface area contributed by atoms with Crippen LogP contribution in [0.15, 0.2) is 48.5 Å². The summed E-state index contributed by atoms with van der Waals surface area (Å²) in [5, 5.41) is 3.16. The normalized spacial score (nSPS) is 12.0. The number of hydrogen-bond acceptors (Lipinski definition) is 1. The lowest BCUT2D eigenvalue weighted by atomic mass is 10.0. The highest BCUT2D eigenvalue weighted by atomic mass is 35.5. The Kier molecular flexibility index (Phi) is 5.34. The number of amides is 1. The van der Waals surface area contributed by atoms with Crippen molar-refractivity contribution in [2.45, 2.75) is 19.3 Å². The van der Waals surface area contributed by atoms with E-state index in [0.29, 0.717) is 17.1 Å². The minimum Gasteiger partial charge on any atom is -0.355 e. The van der Waals surface area contributed by atoms with E-state index >= 15 is 0 Å². The van der Waals surface area contributed by atoms with Crippen molar-refractivity contribution in [1.82, 2.24) is 5.32 Å². The molecule has 2 aromatic rings. The van der Waals surface area contributed by atoms with Gasteiger partial charge in [0.05, 0.1) is 6.42 Å². The Bertz CT molecular complexity index is 615. The first-order chi connectivity index (χ1) is 10.1. The van der Waals surface area contributed by atoms with Crippen molar-refractivity contribution >= 4 is 17.5 Å². The molecule has 0 aliphatic carbocycles. The first kappa shape index (κ1) is 15.5. The van der Waals surface area contributed by atoms with Crippen molar-refractivity contribution in [2.24, 2.45) is 0 Å². The Labute approximate surface area is 128 Å². The Morgan fingerprint density at radius 2 is 1.95 bits per heavy atom. The van der Waals surface area contributed by atoms with Crippen LogP contribution in [0.3, 0.4) is 0 Å². The molecular weight excluding hydrogens is 289 g/mol. The molecule has 0 unspecified atom stereocenters. The number of carbonyl (C=O) groups is 1. The summed E-state index contributed by atoms with van der Waals surface area (Å²) in [4.78, 5) is 11.9. The van der Waals surface area contributed by atoms with Gasteiger partial charge in [-0.25, -0.2) is 4.39 Å². The fraction of sp³-hybridized carbons (Fsp3) is 0.235. The second kappa shape index (κ2) is 7.23. The van der Waals surface area contributed by atoms with E-state index in [2.05, 4.69) is 5.32 Å². The molecule has 2 rings (SSSR count). The van der Waals surface area contributed by atoms with Gasteiger partial charge in [0.2, 0.25) is 5.91 Å². The third-order valence-corrected chi connectivity index (χ3v) is 3.58. The van der Waals surface area contributed by atoms with Gasteiger partial charge in [-0.1, -0.05) is 54.9 Å². The molecule has 1 N–H and O–H groups in total. The van der Waals surface area contributed by atoms with Crippen LogP contribution in [-0.4, -0.2) is 12.5 Å². The van der Waals surface area contributed by atoms with Gasteiger partial charge in [-0.3, -0.25) is 4.79 Å².